The van der Waals surface area contributed by atoms with E-state index in [1.165, 1.54) is 0 Å². The van der Waals surface area contributed by atoms with E-state index >= 15 is 0 Å². The Morgan fingerprint density at radius 2 is 1.14 bits per heavy atom. The van der Waals surface area contributed by atoms with Crippen LogP contribution in [-0.2, 0) is 5.60 Å². The van der Waals surface area contributed by atoms with Crippen molar-refractivity contribution in [3.8, 4) is 0 Å². The van der Waals surface area contributed by atoms with Gasteiger partial charge in [-0.05, 0) is 0 Å². The molecule has 0 unspecified atom stereocenters. The van der Waals surface area contributed by atoms with E-state index in [0.29, 0.717) is 0 Å². The van der Waals surface area contributed by atoms with Gasteiger partial charge in [-0.3, -0.25) is 0 Å². The molecule has 28 heavy (non-hydrogen) atoms. The van der Waals surface area contributed by atoms with Gasteiger partial charge in [0.15, 0.2) is 0 Å². The predicted octanol–water partition coefficient (Wildman–Crippen LogP) is 4.09. The SMILES string of the molecule is OC(c1ccccc1)(c1ccccc1)[C@@H]([Se]c1ccccn1)c1ccccc1. The van der Waals surface area contributed by atoms with E-state index in [9.17, 15) is 5.11 Å². The first-order valence-corrected chi connectivity index (χ1v) is 11.1. The summed E-state index contributed by atoms with van der Waals surface area (Å²) in [5.41, 5.74) is 1.76. The van der Waals surface area contributed by atoms with E-state index < -0.39 is 5.60 Å². The summed E-state index contributed by atoms with van der Waals surface area (Å²) in [5, 5.41) is 12.3. The molecule has 0 saturated carbocycles. The van der Waals surface area contributed by atoms with Crippen molar-refractivity contribution >= 4 is 19.5 Å². The average Bonchev–Trinajstić information content (AvgIpc) is 2.79. The molecule has 138 valence electrons. The fourth-order valence-corrected chi connectivity index (χ4v) is 6.05. The number of hydrogen-bond acceptors (Lipinski definition) is 2. The molecule has 0 amide bonds. The normalized spacial score (nSPS) is 12.5. The van der Waals surface area contributed by atoms with Gasteiger partial charge < -0.3 is 0 Å². The van der Waals surface area contributed by atoms with Gasteiger partial charge in [0.2, 0.25) is 0 Å². The van der Waals surface area contributed by atoms with Crippen LogP contribution in [0.2, 0.25) is 0 Å². The number of aliphatic hydroxyl groups is 1. The average molecular weight is 430 g/mol. The van der Waals surface area contributed by atoms with E-state index in [4.69, 9.17) is 0 Å². The maximum absolute atomic E-state index is 12.3. The second kappa shape index (κ2) is 8.53. The van der Waals surface area contributed by atoms with Crippen LogP contribution in [0.3, 0.4) is 0 Å². The van der Waals surface area contributed by atoms with Gasteiger partial charge in [-0.2, -0.15) is 0 Å². The molecule has 0 aliphatic heterocycles. The Kier molecular flexibility index (Phi) is 5.68. The number of nitrogens with zero attached hydrogens (tertiary/aromatic N) is 1. The van der Waals surface area contributed by atoms with Gasteiger partial charge in [0.1, 0.15) is 0 Å². The molecule has 0 saturated heterocycles. The molecule has 3 aromatic carbocycles. The summed E-state index contributed by atoms with van der Waals surface area (Å²) in [6, 6.07) is 36.2. The summed E-state index contributed by atoms with van der Waals surface area (Å²) in [4.78, 5) is 4.44. The van der Waals surface area contributed by atoms with Crippen molar-refractivity contribution in [3.63, 3.8) is 0 Å². The zero-order valence-corrected chi connectivity index (χ0v) is 17.1. The Balaban J connectivity index is 1.91. The summed E-state index contributed by atoms with van der Waals surface area (Å²) in [6.07, 6.45) is 1.82. The minimum absolute atomic E-state index is 0.0803. The molecule has 0 bridgehead atoms. The molecule has 4 rings (SSSR count). The van der Waals surface area contributed by atoms with Gasteiger partial charge in [-0.25, -0.2) is 0 Å². The van der Waals surface area contributed by atoms with E-state index in [2.05, 4.69) is 17.1 Å². The van der Waals surface area contributed by atoms with Crippen molar-refractivity contribution in [2.24, 2.45) is 0 Å². The number of benzene rings is 3. The molecule has 2 nitrogen and oxygen atoms in total. The Hall–Kier alpha value is -2.71. The van der Waals surface area contributed by atoms with Crippen LogP contribution >= 0.6 is 0 Å². The van der Waals surface area contributed by atoms with Crippen molar-refractivity contribution in [1.82, 2.24) is 4.98 Å². The van der Waals surface area contributed by atoms with Crippen molar-refractivity contribution in [2.75, 3.05) is 0 Å². The van der Waals surface area contributed by atoms with Gasteiger partial charge >= 0.3 is 172 Å². The van der Waals surface area contributed by atoms with Crippen LogP contribution in [0.1, 0.15) is 21.5 Å². The summed E-state index contributed by atoms with van der Waals surface area (Å²) < 4.78 is 1.02. The molecular weight excluding hydrogens is 409 g/mol. The third kappa shape index (κ3) is 3.79. The summed E-state index contributed by atoms with van der Waals surface area (Å²) in [7, 11) is 0. The van der Waals surface area contributed by atoms with Gasteiger partial charge in [0, 0.05) is 0 Å². The number of pyridine rings is 1. The third-order valence-corrected chi connectivity index (χ3v) is 7.58. The Morgan fingerprint density at radius 1 is 0.643 bits per heavy atom. The molecule has 3 heteroatoms. The van der Waals surface area contributed by atoms with Crippen LogP contribution in [0.5, 0.6) is 0 Å². The van der Waals surface area contributed by atoms with Crippen LogP contribution in [0.15, 0.2) is 115 Å². The molecule has 1 atom stereocenters. The number of hydrogen-bond donors (Lipinski definition) is 1. The number of aromatic nitrogens is 1. The summed E-state index contributed by atoms with van der Waals surface area (Å²) in [5.74, 6) is 0. The van der Waals surface area contributed by atoms with Crippen LogP contribution in [0.25, 0.3) is 0 Å². The Morgan fingerprint density at radius 3 is 1.64 bits per heavy atom. The Labute approximate surface area is 172 Å². The molecular formula is C25H21NOSe. The fraction of sp³-hybridized carbons (Fsp3) is 0.0800. The monoisotopic (exact) mass is 431 g/mol. The standard InChI is InChI=1S/C25H21NOSe/c27-25(21-14-6-2-7-15-21,22-16-8-3-9-17-22)24(20-12-4-1-5-13-20)28-23-18-10-11-19-26-23/h1-19,24,27H/t24-/m0/s1. The van der Waals surface area contributed by atoms with Gasteiger partial charge in [-0.1, -0.05) is 0 Å². The molecule has 1 aromatic heterocycles. The zero-order chi connectivity index (χ0) is 19.2. The predicted molar refractivity (Wildman–Crippen MR) is 115 cm³/mol. The van der Waals surface area contributed by atoms with Crippen LogP contribution < -0.4 is 4.59 Å². The zero-order valence-electron chi connectivity index (χ0n) is 15.3. The molecule has 1 N–H and O–H groups in total. The molecule has 1 heterocycles. The van der Waals surface area contributed by atoms with E-state index in [-0.39, 0.29) is 19.8 Å². The molecule has 0 aliphatic carbocycles. The molecule has 4 aromatic rings. The molecule has 0 radical (unpaired) electrons. The van der Waals surface area contributed by atoms with E-state index in [0.717, 1.165) is 21.3 Å². The van der Waals surface area contributed by atoms with Gasteiger partial charge in [0.05, 0.1) is 0 Å². The molecule has 0 spiro atoms. The van der Waals surface area contributed by atoms with Crippen molar-refractivity contribution < 1.29 is 5.11 Å². The molecule has 0 fully saturated rings. The third-order valence-electron chi connectivity index (χ3n) is 4.79. The molecule has 0 aliphatic rings. The van der Waals surface area contributed by atoms with Crippen LogP contribution in [0, 0.1) is 0 Å². The van der Waals surface area contributed by atoms with Crippen molar-refractivity contribution in [3.05, 3.63) is 132 Å². The number of rotatable bonds is 6. The van der Waals surface area contributed by atoms with E-state index in [1.54, 1.807) is 0 Å². The summed E-state index contributed by atoms with van der Waals surface area (Å²) in [6.45, 7) is 0. The Bertz CT molecular complexity index is 952. The first kappa shape index (κ1) is 18.6. The first-order chi connectivity index (χ1) is 13.8. The van der Waals surface area contributed by atoms with Crippen molar-refractivity contribution in [1.29, 1.82) is 0 Å². The first-order valence-electron chi connectivity index (χ1n) is 9.24. The van der Waals surface area contributed by atoms with Crippen LogP contribution in [-0.4, -0.2) is 25.0 Å². The topological polar surface area (TPSA) is 33.1 Å². The summed E-state index contributed by atoms with van der Waals surface area (Å²) >= 11 is -0.0803. The maximum atomic E-state index is 12.3. The van der Waals surface area contributed by atoms with Gasteiger partial charge in [0.25, 0.3) is 0 Å². The fourth-order valence-electron chi connectivity index (χ4n) is 3.41. The second-order valence-electron chi connectivity index (χ2n) is 6.57. The van der Waals surface area contributed by atoms with Gasteiger partial charge in [-0.15, -0.1) is 0 Å². The quantitative estimate of drug-likeness (QED) is 0.468. The van der Waals surface area contributed by atoms with Crippen molar-refractivity contribution in [2.45, 2.75) is 10.4 Å². The van der Waals surface area contributed by atoms with Crippen LogP contribution in [0.4, 0.5) is 0 Å². The van der Waals surface area contributed by atoms with E-state index in [1.807, 2.05) is 103 Å². The minimum atomic E-state index is -1.15. The second-order valence-corrected chi connectivity index (χ2v) is 8.94.